The van der Waals surface area contributed by atoms with E-state index in [1.165, 1.54) is 0 Å². The molecule has 0 spiro atoms. The maximum absolute atomic E-state index is 11.8. The molecule has 0 saturated carbocycles. The van der Waals surface area contributed by atoms with Gasteiger partial charge >= 0.3 is 0 Å². The van der Waals surface area contributed by atoms with Gasteiger partial charge in [0.1, 0.15) is 6.04 Å². The number of hydrogen-bond acceptors (Lipinski definition) is 5. The number of amides is 1. The molecule has 0 radical (unpaired) electrons. The molecular formula is C14H14Cl2N4O2. The quantitative estimate of drug-likeness (QED) is 0.831. The zero-order valence-corrected chi connectivity index (χ0v) is 13.0. The summed E-state index contributed by atoms with van der Waals surface area (Å²) in [6.45, 7) is 0.887. The number of nitrogens with zero attached hydrogens (tertiary/aromatic N) is 2. The Balaban J connectivity index is 0.00000176. The van der Waals surface area contributed by atoms with Crippen molar-refractivity contribution in [3.63, 3.8) is 0 Å². The Morgan fingerprint density at radius 2 is 2.27 bits per heavy atom. The fraction of sp³-hybridized carbons (Fsp3) is 0.214. The van der Waals surface area contributed by atoms with Gasteiger partial charge in [-0.05, 0) is 12.1 Å². The van der Waals surface area contributed by atoms with Gasteiger partial charge in [0.25, 0.3) is 0 Å². The Bertz CT molecular complexity index is 687. The van der Waals surface area contributed by atoms with Crippen LogP contribution in [-0.4, -0.2) is 28.6 Å². The lowest BCUT2D eigenvalue weighted by Gasteiger charge is -2.07. The van der Waals surface area contributed by atoms with E-state index in [0.29, 0.717) is 28.8 Å². The van der Waals surface area contributed by atoms with Crippen LogP contribution in [0.3, 0.4) is 0 Å². The van der Waals surface area contributed by atoms with Crippen LogP contribution in [-0.2, 0) is 11.3 Å². The molecule has 1 atom stereocenters. The first kappa shape index (κ1) is 16.5. The fourth-order valence-corrected chi connectivity index (χ4v) is 2.22. The highest BCUT2D eigenvalue weighted by molar-refractivity contribution is 6.33. The smallest absolute Gasteiger partial charge is 0.246 e. The van der Waals surface area contributed by atoms with E-state index in [1.54, 1.807) is 6.07 Å². The molecule has 8 heteroatoms. The van der Waals surface area contributed by atoms with E-state index in [0.717, 1.165) is 0 Å². The molecule has 0 saturated heterocycles. The minimum absolute atomic E-state index is 0. The van der Waals surface area contributed by atoms with Gasteiger partial charge in [-0.1, -0.05) is 41.0 Å². The van der Waals surface area contributed by atoms with E-state index in [2.05, 4.69) is 20.8 Å². The van der Waals surface area contributed by atoms with Crippen LogP contribution in [0.1, 0.15) is 5.89 Å². The van der Waals surface area contributed by atoms with E-state index >= 15 is 0 Å². The number of hydrogen-bond donors (Lipinski definition) is 2. The van der Waals surface area contributed by atoms with Crippen molar-refractivity contribution in [2.45, 2.75) is 12.6 Å². The van der Waals surface area contributed by atoms with E-state index in [4.69, 9.17) is 16.1 Å². The van der Waals surface area contributed by atoms with Gasteiger partial charge < -0.3 is 9.84 Å². The molecule has 0 bridgehead atoms. The summed E-state index contributed by atoms with van der Waals surface area (Å²) in [6.07, 6.45) is 3.73. The summed E-state index contributed by atoms with van der Waals surface area (Å²) < 4.78 is 5.11. The van der Waals surface area contributed by atoms with Crippen molar-refractivity contribution in [3.8, 4) is 11.4 Å². The number of carbonyl (C=O) groups excluding carboxylic acids is 1. The summed E-state index contributed by atoms with van der Waals surface area (Å²) in [7, 11) is 0. The van der Waals surface area contributed by atoms with Crippen molar-refractivity contribution in [2.24, 2.45) is 0 Å². The number of carbonyl (C=O) groups is 1. The van der Waals surface area contributed by atoms with Crippen molar-refractivity contribution >= 4 is 29.9 Å². The predicted octanol–water partition coefficient (Wildman–Crippen LogP) is 1.96. The Hall–Kier alpha value is -1.89. The highest BCUT2D eigenvalue weighted by Crippen LogP contribution is 2.24. The van der Waals surface area contributed by atoms with Gasteiger partial charge in [0.05, 0.1) is 11.6 Å². The first-order valence-electron chi connectivity index (χ1n) is 6.49. The molecule has 1 aromatic carbocycles. The minimum atomic E-state index is -0.295. The second-order valence-electron chi connectivity index (χ2n) is 4.52. The molecule has 1 unspecified atom stereocenters. The van der Waals surface area contributed by atoms with Crippen molar-refractivity contribution < 1.29 is 9.32 Å². The largest absolute Gasteiger partial charge is 0.345 e. The van der Waals surface area contributed by atoms with Crippen LogP contribution in [0, 0.1) is 0 Å². The Morgan fingerprint density at radius 1 is 1.45 bits per heavy atom. The second-order valence-corrected chi connectivity index (χ2v) is 4.93. The van der Waals surface area contributed by atoms with Gasteiger partial charge in [0.2, 0.25) is 17.6 Å². The SMILES string of the molecule is Cl.O=C(NCc1nc(-c2ccccc2Cl)no1)C1C=CCN1. The molecule has 116 valence electrons. The predicted molar refractivity (Wildman–Crippen MR) is 84.8 cm³/mol. The molecule has 1 aliphatic heterocycles. The van der Waals surface area contributed by atoms with Gasteiger partial charge in [-0.15, -0.1) is 12.4 Å². The van der Waals surface area contributed by atoms with Gasteiger partial charge in [-0.25, -0.2) is 0 Å². The van der Waals surface area contributed by atoms with Crippen molar-refractivity contribution in [3.05, 3.63) is 47.3 Å². The number of rotatable bonds is 4. The van der Waals surface area contributed by atoms with Crippen LogP contribution in [0.4, 0.5) is 0 Å². The van der Waals surface area contributed by atoms with E-state index in [9.17, 15) is 4.79 Å². The summed E-state index contributed by atoms with van der Waals surface area (Å²) in [5, 5.41) is 10.2. The Kier molecular flexibility index (Phi) is 5.54. The zero-order valence-electron chi connectivity index (χ0n) is 11.5. The highest BCUT2D eigenvalue weighted by Gasteiger charge is 2.18. The summed E-state index contributed by atoms with van der Waals surface area (Å²) in [5.74, 6) is 0.616. The lowest BCUT2D eigenvalue weighted by atomic mass is 10.2. The first-order chi connectivity index (χ1) is 10.2. The lowest BCUT2D eigenvalue weighted by Crippen LogP contribution is -2.40. The third-order valence-corrected chi connectivity index (χ3v) is 3.39. The topological polar surface area (TPSA) is 80.1 Å². The maximum atomic E-state index is 11.8. The number of benzene rings is 1. The summed E-state index contributed by atoms with van der Waals surface area (Å²) in [6, 6.07) is 6.94. The molecule has 0 aliphatic carbocycles. The van der Waals surface area contributed by atoms with E-state index < -0.39 is 0 Å². The van der Waals surface area contributed by atoms with Crippen molar-refractivity contribution in [1.29, 1.82) is 0 Å². The molecule has 2 heterocycles. The lowest BCUT2D eigenvalue weighted by molar-refractivity contribution is -0.122. The van der Waals surface area contributed by atoms with Crippen molar-refractivity contribution in [1.82, 2.24) is 20.8 Å². The Labute approximate surface area is 138 Å². The number of aromatic nitrogens is 2. The molecule has 2 N–H and O–H groups in total. The van der Waals surface area contributed by atoms with Crippen molar-refractivity contribution in [2.75, 3.05) is 6.54 Å². The van der Waals surface area contributed by atoms with Crippen LogP contribution in [0.25, 0.3) is 11.4 Å². The fourth-order valence-electron chi connectivity index (χ4n) is 2.00. The molecule has 0 fully saturated rings. The molecule has 3 rings (SSSR count). The summed E-state index contributed by atoms with van der Waals surface area (Å²) in [5.41, 5.74) is 0.695. The molecule has 6 nitrogen and oxygen atoms in total. The van der Waals surface area contributed by atoms with Crippen LogP contribution in [0.5, 0.6) is 0 Å². The monoisotopic (exact) mass is 340 g/mol. The van der Waals surface area contributed by atoms with Gasteiger partial charge in [-0.2, -0.15) is 4.98 Å². The average molecular weight is 341 g/mol. The maximum Gasteiger partial charge on any atom is 0.246 e. The second kappa shape index (κ2) is 7.40. The van der Waals surface area contributed by atoms with Gasteiger partial charge in [-0.3, -0.25) is 10.1 Å². The van der Waals surface area contributed by atoms with Crippen LogP contribution in [0.2, 0.25) is 5.02 Å². The average Bonchev–Trinajstić information content (AvgIpc) is 3.17. The van der Waals surface area contributed by atoms with Crippen LogP contribution < -0.4 is 10.6 Å². The van der Waals surface area contributed by atoms with E-state index in [-0.39, 0.29) is 30.9 Å². The number of nitrogens with one attached hydrogen (secondary N) is 2. The van der Waals surface area contributed by atoms with Crippen LogP contribution in [0.15, 0.2) is 40.9 Å². The third kappa shape index (κ3) is 3.65. The zero-order chi connectivity index (χ0) is 14.7. The molecule has 2 aromatic rings. The van der Waals surface area contributed by atoms with Gasteiger partial charge in [0.15, 0.2) is 0 Å². The Morgan fingerprint density at radius 3 is 3.00 bits per heavy atom. The van der Waals surface area contributed by atoms with Gasteiger partial charge in [0, 0.05) is 12.1 Å². The van der Waals surface area contributed by atoms with E-state index in [1.807, 2.05) is 30.4 Å². The molecule has 22 heavy (non-hydrogen) atoms. The molecule has 1 aromatic heterocycles. The standard InChI is InChI=1S/C14H13ClN4O2.ClH/c15-10-5-2-1-4-9(10)13-18-12(21-19-13)8-17-14(20)11-6-3-7-16-11;/h1-6,11,16H,7-8H2,(H,17,20);1H. The highest BCUT2D eigenvalue weighted by atomic mass is 35.5. The summed E-state index contributed by atoms with van der Waals surface area (Å²) in [4.78, 5) is 16.0. The first-order valence-corrected chi connectivity index (χ1v) is 6.87. The third-order valence-electron chi connectivity index (χ3n) is 3.06. The number of halogens is 2. The van der Waals surface area contributed by atoms with Crippen LogP contribution >= 0.6 is 24.0 Å². The summed E-state index contributed by atoms with van der Waals surface area (Å²) >= 11 is 6.07. The molecule has 1 aliphatic rings. The normalized spacial score (nSPS) is 16.3. The minimum Gasteiger partial charge on any atom is -0.345 e. The molecular weight excluding hydrogens is 327 g/mol. The molecule has 1 amide bonds.